The Kier molecular flexibility index (Phi) is 3.84. The van der Waals surface area contributed by atoms with Crippen molar-refractivity contribution >= 4 is 33.5 Å². The van der Waals surface area contributed by atoms with Crippen LogP contribution in [0.5, 0.6) is 11.6 Å². The molecule has 1 N–H and O–H groups in total. The maximum Gasteiger partial charge on any atom is 0.335 e. The van der Waals surface area contributed by atoms with Gasteiger partial charge in [0.15, 0.2) is 0 Å². The largest absolute Gasteiger partial charge is 0.478 e. The highest BCUT2D eigenvalue weighted by molar-refractivity contribution is 9.10. The van der Waals surface area contributed by atoms with Crippen LogP contribution in [0.15, 0.2) is 41.0 Å². The number of pyridine rings is 1. The van der Waals surface area contributed by atoms with Gasteiger partial charge < -0.3 is 9.84 Å². The second-order valence-corrected chi connectivity index (χ2v) is 4.66. The quantitative estimate of drug-likeness (QED) is 0.925. The molecular formula is C12H7BrClNO3. The Labute approximate surface area is 116 Å². The van der Waals surface area contributed by atoms with Gasteiger partial charge >= 0.3 is 5.97 Å². The zero-order chi connectivity index (χ0) is 13.1. The highest BCUT2D eigenvalue weighted by atomic mass is 79.9. The summed E-state index contributed by atoms with van der Waals surface area (Å²) in [5, 5.41) is 9.43. The van der Waals surface area contributed by atoms with Crippen LogP contribution >= 0.6 is 27.5 Å². The number of carbonyl (C=O) groups is 1. The number of hydrogen-bond donors (Lipinski definition) is 1. The Morgan fingerprint density at radius 1 is 1.33 bits per heavy atom. The molecule has 6 heteroatoms. The van der Waals surface area contributed by atoms with Crippen molar-refractivity contribution in [2.24, 2.45) is 0 Å². The number of aromatic nitrogens is 1. The predicted molar refractivity (Wildman–Crippen MR) is 70.4 cm³/mol. The van der Waals surface area contributed by atoms with Crippen molar-refractivity contribution in [3.05, 3.63) is 51.6 Å². The Morgan fingerprint density at radius 3 is 2.78 bits per heavy atom. The van der Waals surface area contributed by atoms with Crippen molar-refractivity contribution in [2.45, 2.75) is 0 Å². The number of nitrogens with zero attached hydrogens (tertiary/aromatic N) is 1. The molecule has 2 rings (SSSR count). The lowest BCUT2D eigenvalue weighted by molar-refractivity contribution is 0.0696. The fourth-order valence-electron chi connectivity index (χ4n) is 1.27. The van der Waals surface area contributed by atoms with Gasteiger partial charge in [0.05, 0.1) is 10.0 Å². The molecule has 92 valence electrons. The van der Waals surface area contributed by atoms with Crippen LogP contribution in [0.1, 0.15) is 10.4 Å². The van der Waals surface area contributed by atoms with Crippen LogP contribution in [0.3, 0.4) is 0 Å². The molecule has 0 fully saturated rings. The average molecular weight is 329 g/mol. The first-order valence-corrected chi connectivity index (χ1v) is 6.05. The minimum atomic E-state index is -1.03. The zero-order valence-electron chi connectivity index (χ0n) is 8.93. The van der Waals surface area contributed by atoms with Crippen LogP contribution in [0.25, 0.3) is 0 Å². The molecule has 0 spiro atoms. The van der Waals surface area contributed by atoms with Gasteiger partial charge in [-0.15, -0.1) is 0 Å². The maximum atomic E-state index is 10.8. The van der Waals surface area contributed by atoms with E-state index in [0.717, 1.165) is 0 Å². The smallest absolute Gasteiger partial charge is 0.335 e. The Balaban J connectivity index is 2.28. The van der Waals surface area contributed by atoms with Crippen LogP contribution in [0.4, 0.5) is 0 Å². The minimum Gasteiger partial charge on any atom is -0.478 e. The van der Waals surface area contributed by atoms with Gasteiger partial charge in [-0.2, -0.15) is 0 Å². The molecule has 0 amide bonds. The zero-order valence-corrected chi connectivity index (χ0v) is 11.3. The normalized spacial score (nSPS) is 10.1. The van der Waals surface area contributed by atoms with Crippen LogP contribution in [0.2, 0.25) is 5.02 Å². The number of aromatic carboxylic acids is 1. The summed E-state index contributed by atoms with van der Waals surface area (Å²) in [7, 11) is 0. The Morgan fingerprint density at radius 2 is 2.11 bits per heavy atom. The van der Waals surface area contributed by atoms with Gasteiger partial charge in [0.25, 0.3) is 0 Å². The van der Waals surface area contributed by atoms with Gasteiger partial charge in [-0.3, -0.25) is 0 Å². The Hall–Kier alpha value is -1.59. The van der Waals surface area contributed by atoms with E-state index < -0.39 is 5.97 Å². The average Bonchev–Trinajstić information content (AvgIpc) is 2.33. The van der Waals surface area contributed by atoms with Crippen molar-refractivity contribution < 1.29 is 14.6 Å². The molecule has 0 saturated carbocycles. The molecule has 1 aromatic heterocycles. The van der Waals surface area contributed by atoms with Crippen molar-refractivity contribution in [3.63, 3.8) is 0 Å². The van der Waals surface area contributed by atoms with E-state index in [1.807, 2.05) is 0 Å². The van der Waals surface area contributed by atoms with Crippen molar-refractivity contribution in [2.75, 3.05) is 0 Å². The van der Waals surface area contributed by atoms with Gasteiger partial charge in [0.1, 0.15) is 5.75 Å². The third-order valence-corrected chi connectivity index (χ3v) is 2.95. The lowest BCUT2D eigenvalue weighted by atomic mass is 10.3. The number of ether oxygens (including phenoxy) is 1. The highest BCUT2D eigenvalue weighted by Gasteiger charge is 2.08. The Bertz CT molecular complexity index is 604. The first kappa shape index (κ1) is 12.9. The summed E-state index contributed by atoms with van der Waals surface area (Å²) >= 11 is 9.11. The summed E-state index contributed by atoms with van der Waals surface area (Å²) in [6.07, 6.45) is 1.38. The number of halogens is 2. The lowest BCUT2D eigenvalue weighted by Gasteiger charge is -2.07. The second kappa shape index (κ2) is 5.37. The molecule has 0 radical (unpaired) electrons. The van der Waals surface area contributed by atoms with Gasteiger partial charge in [-0.25, -0.2) is 9.78 Å². The van der Waals surface area contributed by atoms with Crippen molar-refractivity contribution in [1.29, 1.82) is 0 Å². The second-order valence-electron chi connectivity index (χ2n) is 3.36. The summed E-state index contributed by atoms with van der Waals surface area (Å²) in [5.41, 5.74) is 0.116. The summed E-state index contributed by atoms with van der Waals surface area (Å²) < 4.78 is 6.14. The van der Waals surface area contributed by atoms with Gasteiger partial charge in [-0.05, 0) is 40.2 Å². The van der Waals surface area contributed by atoms with E-state index in [4.69, 9.17) is 21.4 Å². The molecule has 0 bridgehead atoms. The van der Waals surface area contributed by atoms with E-state index in [1.54, 1.807) is 18.2 Å². The molecule has 18 heavy (non-hydrogen) atoms. The van der Waals surface area contributed by atoms with E-state index in [1.165, 1.54) is 18.3 Å². The van der Waals surface area contributed by atoms with Crippen LogP contribution in [0, 0.1) is 0 Å². The van der Waals surface area contributed by atoms with E-state index in [-0.39, 0.29) is 11.4 Å². The predicted octanol–water partition coefficient (Wildman–Crippen LogP) is 3.99. The molecule has 0 aliphatic rings. The van der Waals surface area contributed by atoms with Gasteiger partial charge in [0, 0.05) is 17.3 Å². The molecular weight excluding hydrogens is 321 g/mol. The molecule has 0 aliphatic heterocycles. The summed E-state index contributed by atoms with van der Waals surface area (Å²) in [6.45, 7) is 0. The molecule has 0 aliphatic carbocycles. The fourth-order valence-corrected chi connectivity index (χ4v) is 2.03. The SMILES string of the molecule is O=C(O)c1ccnc(Oc2ccc(Cl)cc2Br)c1. The van der Waals surface area contributed by atoms with E-state index in [9.17, 15) is 4.79 Å². The maximum absolute atomic E-state index is 10.8. The molecule has 4 nitrogen and oxygen atoms in total. The monoisotopic (exact) mass is 327 g/mol. The summed E-state index contributed by atoms with van der Waals surface area (Å²) in [4.78, 5) is 14.7. The summed E-state index contributed by atoms with van der Waals surface area (Å²) in [5.74, 6) is -0.315. The number of hydrogen-bond acceptors (Lipinski definition) is 3. The third kappa shape index (κ3) is 3.00. The molecule has 0 atom stereocenters. The molecule has 1 heterocycles. The molecule has 0 unspecified atom stereocenters. The fraction of sp³-hybridized carbons (Fsp3) is 0. The van der Waals surface area contributed by atoms with E-state index in [2.05, 4.69) is 20.9 Å². The molecule has 1 aromatic carbocycles. The first-order valence-electron chi connectivity index (χ1n) is 4.88. The van der Waals surface area contributed by atoms with Crippen molar-refractivity contribution in [1.82, 2.24) is 4.98 Å². The number of benzene rings is 1. The molecule has 0 saturated heterocycles. The lowest BCUT2D eigenvalue weighted by Crippen LogP contribution is -1.97. The topological polar surface area (TPSA) is 59.4 Å². The number of carboxylic acid groups (broad SMARTS) is 1. The van der Waals surface area contributed by atoms with Crippen LogP contribution in [-0.4, -0.2) is 16.1 Å². The number of rotatable bonds is 3. The molecule has 2 aromatic rings. The van der Waals surface area contributed by atoms with Gasteiger partial charge in [0.2, 0.25) is 5.88 Å². The van der Waals surface area contributed by atoms with E-state index in [0.29, 0.717) is 15.2 Å². The van der Waals surface area contributed by atoms with Gasteiger partial charge in [-0.1, -0.05) is 11.6 Å². The minimum absolute atomic E-state index is 0.116. The van der Waals surface area contributed by atoms with Crippen LogP contribution < -0.4 is 4.74 Å². The van der Waals surface area contributed by atoms with E-state index >= 15 is 0 Å². The number of carboxylic acids is 1. The summed E-state index contributed by atoms with van der Waals surface area (Å²) in [6, 6.07) is 7.76. The third-order valence-electron chi connectivity index (χ3n) is 2.09. The standard InChI is InChI=1S/C12H7BrClNO3/c13-9-6-8(14)1-2-10(9)18-11-5-7(12(16)17)3-4-15-11/h1-6H,(H,16,17). The van der Waals surface area contributed by atoms with Crippen LogP contribution in [-0.2, 0) is 0 Å². The highest BCUT2D eigenvalue weighted by Crippen LogP contribution is 2.31. The van der Waals surface area contributed by atoms with Crippen molar-refractivity contribution in [3.8, 4) is 11.6 Å². The first-order chi connectivity index (χ1) is 8.56.